The molecule has 3 heterocycles. The van der Waals surface area contributed by atoms with Gasteiger partial charge < -0.3 is 34.2 Å². The maximum atomic E-state index is 12.4. The number of ether oxygens (including phenoxy) is 1. The van der Waals surface area contributed by atoms with Gasteiger partial charge in [0.05, 0.1) is 24.3 Å². The molecule has 5 N–H and O–H groups in total. The van der Waals surface area contributed by atoms with Crippen LogP contribution in [-0.2, 0) is 18.7 Å². The van der Waals surface area contributed by atoms with Crippen LogP contribution in [0.3, 0.4) is 0 Å². The van der Waals surface area contributed by atoms with E-state index in [1.54, 1.807) is 6.21 Å². The number of H-pyrrole nitrogens is 1. The number of nitrogens with zero attached hydrogens (tertiary/aromatic N) is 3. The number of hydrogen-bond donors (Lipinski definition) is 5. The zero-order chi connectivity index (χ0) is 23.7. The van der Waals surface area contributed by atoms with Crippen molar-refractivity contribution in [3.05, 3.63) is 22.4 Å². The molecule has 0 saturated carbocycles. The molecule has 15 heteroatoms. The van der Waals surface area contributed by atoms with E-state index in [4.69, 9.17) is 24.3 Å². The molecule has 13 nitrogen and oxygen atoms in total. The second-order valence-electron chi connectivity index (χ2n) is 8.05. The monoisotopic (exact) mass is 492 g/mol. The standard InChI is InChI=1S/C17H26N4O9P2/c1-10-11(5-18-16-15(10)19-9-20-17(16)23)12-6-21(14(22)8-32(27,28)29)7-13(12)30-3-2-4-31(24,25)26/h5,9-13H,2-4,6-8H2,1H3,(H,19,20,23)(H2,24,25,26)(H2,27,28,29)/t10?,11?,12-,13-/m0/s1. The summed E-state index contributed by atoms with van der Waals surface area (Å²) < 4.78 is 28.2. The first-order valence-corrected chi connectivity index (χ1v) is 13.6. The van der Waals surface area contributed by atoms with Gasteiger partial charge in [0.25, 0.3) is 5.56 Å². The van der Waals surface area contributed by atoms with E-state index in [9.17, 15) is 18.7 Å². The van der Waals surface area contributed by atoms with Crippen molar-refractivity contribution in [3.63, 3.8) is 0 Å². The molecule has 2 unspecified atom stereocenters. The van der Waals surface area contributed by atoms with E-state index in [2.05, 4.69) is 15.0 Å². The summed E-state index contributed by atoms with van der Waals surface area (Å²) in [5, 5.41) is 0. The van der Waals surface area contributed by atoms with Gasteiger partial charge in [-0.15, -0.1) is 0 Å². The van der Waals surface area contributed by atoms with Crippen LogP contribution in [0.1, 0.15) is 25.0 Å². The Labute approximate surface area is 183 Å². The summed E-state index contributed by atoms with van der Waals surface area (Å²) in [4.78, 5) is 73.0. The van der Waals surface area contributed by atoms with Crippen molar-refractivity contribution in [1.82, 2.24) is 14.9 Å². The van der Waals surface area contributed by atoms with E-state index in [0.29, 0.717) is 5.69 Å². The molecule has 0 aromatic carbocycles. The lowest BCUT2D eigenvalue weighted by Gasteiger charge is -2.31. The second kappa shape index (κ2) is 9.64. The molecule has 3 rings (SSSR count). The average Bonchev–Trinajstić information content (AvgIpc) is 3.08. The molecule has 1 aromatic heterocycles. The van der Waals surface area contributed by atoms with Crippen molar-refractivity contribution in [2.24, 2.45) is 16.8 Å². The minimum absolute atomic E-state index is 0.0412. The van der Waals surface area contributed by atoms with E-state index in [0.717, 1.165) is 0 Å². The number of aromatic nitrogens is 2. The van der Waals surface area contributed by atoms with Crippen LogP contribution in [0.5, 0.6) is 0 Å². The van der Waals surface area contributed by atoms with Gasteiger partial charge in [0, 0.05) is 43.7 Å². The average molecular weight is 492 g/mol. The number of aliphatic imine (C=N–C) groups is 1. The number of aromatic amines is 1. The smallest absolute Gasteiger partial charge is 0.334 e. The van der Waals surface area contributed by atoms with Gasteiger partial charge in [-0.2, -0.15) is 0 Å². The summed E-state index contributed by atoms with van der Waals surface area (Å²) in [6.45, 7) is 2.14. The topological polar surface area (TPSA) is 203 Å². The van der Waals surface area contributed by atoms with Crippen LogP contribution in [0, 0.1) is 11.8 Å². The first kappa shape index (κ1) is 24.9. The Morgan fingerprint density at radius 3 is 2.62 bits per heavy atom. The summed E-state index contributed by atoms with van der Waals surface area (Å²) in [6, 6.07) is 0. The van der Waals surface area contributed by atoms with Gasteiger partial charge in [0.2, 0.25) is 5.91 Å². The van der Waals surface area contributed by atoms with Gasteiger partial charge >= 0.3 is 15.2 Å². The second-order valence-corrected chi connectivity index (χ2v) is 11.5. The number of carbonyl (C=O) groups is 1. The number of hydrogen-bond acceptors (Lipinski definition) is 7. The minimum atomic E-state index is -4.55. The summed E-state index contributed by atoms with van der Waals surface area (Å²) in [6.07, 6.45) is 1.20. The molecule has 32 heavy (non-hydrogen) atoms. The predicted octanol–water partition coefficient (Wildman–Crippen LogP) is -0.205. The van der Waals surface area contributed by atoms with Crippen molar-refractivity contribution >= 4 is 33.0 Å². The lowest BCUT2D eigenvalue weighted by atomic mass is 9.78. The van der Waals surface area contributed by atoms with Gasteiger partial charge in [0.15, 0.2) is 0 Å². The van der Waals surface area contributed by atoms with Crippen LogP contribution in [0.25, 0.3) is 0 Å². The number of nitrogens with one attached hydrogen (secondary N) is 1. The third-order valence-electron chi connectivity index (χ3n) is 5.66. The van der Waals surface area contributed by atoms with Crippen LogP contribution in [0.2, 0.25) is 0 Å². The summed E-state index contributed by atoms with van der Waals surface area (Å²) in [5.74, 6) is -1.55. The molecule has 178 valence electrons. The molecule has 0 radical (unpaired) electrons. The van der Waals surface area contributed by atoms with Gasteiger partial charge in [-0.3, -0.25) is 23.7 Å². The Hall–Kier alpha value is -1.72. The molecule has 1 amide bonds. The minimum Gasteiger partial charge on any atom is -0.376 e. The SMILES string of the molecule is CC1c2nc[nH]c(=O)c2N=CC1[C@@H]1CN(C(=O)CP(=O)(O)O)C[C@@H]1OCCCP(=O)(O)O. The fraction of sp³-hybridized carbons (Fsp3) is 0.647. The van der Waals surface area contributed by atoms with Crippen molar-refractivity contribution in [3.8, 4) is 0 Å². The third kappa shape index (κ3) is 6.20. The zero-order valence-electron chi connectivity index (χ0n) is 17.3. The zero-order valence-corrected chi connectivity index (χ0v) is 19.1. The van der Waals surface area contributed by atoms with Crippen LogP contribution in [-0.4, -0.2) is 84.7 Å². The molecular weight excluding hydrogens is 466 g/mol. The number of carbonyl (C=O) groups excluding carboxylic acids is 1. The lowest BCUT2D eigenvalue weighted by molar-refractivity contribution is -0.128. The van der Waals surface area contributed by atoms with Crippen LogP contribution in [0.15, 0.2) is 16.1 Å². The number of fused-ring (bicyclic) bond motifs is 1. The van der Waals surface area contributed by atoms with E-state index in [1.807, 2.05) is 6.92 Å². The van der Waals surface area contributed by atoms with Crippen molar-refractivity contribution in [1.29, 1.82) is 0 Å². The molecular formula is C17H26N4O9P2. The first-order chi connectivity index (χ1) is 14.9. The normalized spacial score (nSPS) is 25.7. The quantitative estimate of drug-likeness (QED) is 0.239. The highest BCUT2D eigenvalue weighted by molar-refractivity contribution is 7.52. The van der Waals surface area contributed by atoms with Gasteiger partial charge in [-0.25, -0.2) is 4.98 Å². The highest BCUT2D eigenvalue weighted by Gasteiger charge is 2.44. The Balaban J connectivity index is 1.78. The first-order valence-electron chi connectivity index (χ1n) is 9.96. The molecule has 1 saturated heterocycles. The highest BCUT2D eigenvalue weighted by Crippen LogP contribution is 2.41. The van der Waals surface area contributed by atoms with Crippen molar-refractivity contribution in [2.75, 3.05) is 32.0 Å². The van der Waals surface area contributed by atoms with Gasteiger partial charge in [-0.1, -0.05) is 6.92 Å². The fourth-order valence-electron chi connectivity index (χ4n) is 4.15. The third-order valence-corrected chi connectivity index (χ3v) is 7.25. The van der Waals surface area contributed by atoms with Crippen molar-refractivity contribution in [2.45, 2.75) is 25.4 Å². The maximum Gasteiger partial charge on any atom is 0.334 e. The molecule has 0 aliphatic carbocycles. The van der Waals surface area contributed by atoms with Gasteiger partial charge in [0.1, 0.15) is 11.8 Å². The van der Waals surface area contributed by atoms with Crippen LogP contribution in [0.4, 0.5) is 5.69 Å². The van der Waals surface area contributed by atoms with Crippen molar-refractivity contribution < 1.29 is 38.2 Å². The Bertz CT molecular complexity index is 1030. The predicted molar refractivity (Wildman–Crippen MR) is 113 cm³/mol. The molecule has 0 spiro atoms. The van der Waals surface area contributed by atoms with Crippen LogP contribution >= 0.6 is 15.2 Å². The number of amides is 1. The highest BCUT2D eigenvalue weighted by atomic mass is 31.2. The Kier molecular flexibility index (Phi) is 7.51. The molecule has 1 aromatic rings. The van der Waals surface area contributed by atoms with E-state index < -0.39 is 33.4 Å². The van der Waals surface area contributed by atoms with Gasteiger partial charge in [-0.05, 0) is 6.42 Å². The Morgan fingerprint density at radius 1 is 1.25 bits per heavy atom. The number of rotatable bonds is 8. The molecule has 4 atom stereocenters. The van der Waals surface area contributed by atoms with E-state index in [1.165, 1.54) is 11.2 Å². The molecule has 1 fully saturated rings. The summed E-state index contributed by atoms with van der Waals surface area (Å²) in [5.41, 5.74) is 0.343. The fourth-order valence-corrected chi connectivity index (χ4v) is 5.24. The lowest BCUT2D eigenvalue weighted by Crippen LogP contribution is -2.35. The molecule has 0 bridgehead atoms. The largest absolute Gasteiger partial charge is 0.376 e. The summed E-state index contributed by atoms with van der Waals surface area (Å²) >= 11 is 0. The maximum absolute atomic E-state index is 12.4. The summed E-state index contributed by atoms with van der Waals surface area (Å²) in [7, 11) is -8.71. The van der Waals surface area contributed by atoms with Crippen LogP contribution < -0.4 is 5.56 Å². The molecule has 2 aliphatic heterocycles. The van der Waals surface area contributed by atoms with E-state index in [-0.39, 0.29) is 61.3 Å². The number of likely N-dealkylation sites (tertiary alicyclic amines) is 1. The Morgan fingerprint density at radius 2 is 1.97 bits per heavy atom. The van der Waals surface area contributed by atoms with E-state index >= 15 is 0 Å². The molecule has 2 aliphatic rings.